The highest BCUT2D eigenvalue weighted by atomic mass is 35.5. The van der Waals surface area contributed by atoms with Crippen LogP contribution in [0.25, 0.3) is 0 Å². The molecule has 8 heteroatoms. The normalized spacial score (nSPS) is 20.1. The molecule has 0 spiro atoms. The Balaban J connectivity index is 0.00000242. The number of nitrogens with one attached hydrogen (secondary N) is 3. The summed E-state index contributed by atoms with van der Waals surface area (Å²) in [4.78, 5) is 23.5. The highest BCUT2D eigenvalue weighted by Crippen LogP contribution is 2.22. The smallest absolute Gasteiger partial charge is 0.243 e. The highest BCUT2D eigenvalue weighted by Gasteiger charge is 2.27. The summed E-state index contributed by atoms with van der Waals surface area (Å²) in [5, 5.41) is 17.8. The van der Waals surface area contributed by atoms with Gasteiger partial charge in [0.05, 0.1) is 29.4 Å². The molecule has 22 heavy (non-hydrogen) atoms. The number of hydrogen-bond acceptors (Lipinski definition) is 4. The second-order valence-corrected chi connectivity index (χ2v) is 5.51. The van der Waals surface area contributed by atoms with Crippen LogP contribution in [0, 0.1) is 6.92 Å². The molecule has 1 fully saturated rings. The zero-order valence-electron chi connectivity index (χ0n) is 12.1. The molecule has 2 unspecified atom stereocenters. The lowest BCUT2D eigenvalue weighted by Crippen LogP contribution is -2.43. The molecule has 122 valence electrons. The summed E-state index contributed by atoms with van der Waals surface area (Å²) in [5.41, 5.74) is 1.51. The molecule has 0 radical (unpaired) electrons. The molecule has 0 bridgehead atoms. The van der Waals surface area contributed by atoms with Crippen molar-refractivity contribution in [3.8, 4) is 0 Å². The second-order valence-electron chi connectivity index (χ2n) is 5.10. The van der Waals surface area contributed by atoms with E-state index in [0.29, 0.717) is 23.7 Å². The van der Waals surface area contributed by atoms with Crippen LogP contribution in [-0.4, -0.2) is 42.2 Å². The molecular formula is C14H19Cl2N3O3. The monoisotopic (exact) mass is 347 g/mol. The number of aliphatic hydroxyl groups is 1. The van der Waals surface area contributed by atoms with Gasteiger partial charge in [0.25, 0.3) is 0 Å². The predicted octanol–water partition coefficient (Wildman–Crippen LogP) is 0.848. The first-order chi connectivity index (χ1) is 9.95. The molecule has 1 heterocycles. The third-order valence-corrected chi connectivity index (χ3v) is 3.56. The van der Waals surface area contributed by atoms with Crippen molar-refractivity contribution < 1.29 is 14.7 Å². The van der Waals surface area contributed by atoms with Crippen molar-refractivity contribution >= 4 is 41.5 Å². The largest absolute Gasteiger partial charge is 0.392 e. The summed E-state index contributed by atoms with van der Waals surface area (Å²) >= 11 is 6.02. The lowest BCUT2D eigenvalue weighted by molar-refractivity contribution is -0.125. The van der Waals surface area contributed by atoms with Crippen LogP contribution in [0.5, 0.6) is 0 Å². The number of hydrogen-bond donors (Lipinski definition) is 4. The number of aryl methyl sites for hydroxylation is 1. The van der Waals surface area contributed by atoms with Gasteiger partial charge >= 0.3 is 0 Å². The van der Waals surface area contributed by atoms with E-state index >= 15 is 0 Å². The average molecular weight is 348 g/mol. The number of anilines is 1. The first-order valence-corrected chi connectivity index (χ1v) is 7.08. The number of benzene rings is 1. The molecule has 1 aliphatic heterocycles. The van der Waals surface area contributed by atoms with Gasteiger partial charge in [0.15, 0.2) is 0 Å². The van der Waals surface area contributed by atoms with Gasteiger partial charge in [-0.15, -0.1) is 12.4 Å². The maximum absolute atomic E-state index is 11.8. The third-order valence-electron chi connectivity index (χ3n) is 3.25. The number of amides is 2. The van der Waals surface area contributed by atoms with E-state index in [1.54, 1.807) is 12.1 Å². The Hall–Kier alpha value is -1.34. The zero-order chi connectivity index (χ0) is 15.4. The van der Waals surface area contributed by atoms with Crippen LogP contribution in [-0.2, 0) is 9.59 Å². The third kappa shape index (κ3) is 5.14. The van der Waals surface area contributed by atoms with Gasteiger partial charge in [-0.05, 0) is 31.0 Å². The van der Waals surface area contributed by atoms with Gasteiger partial charge in [-0.3, -0.25) is 9.59 Å². The minimum atomic E-state index is -0.513. The predicted molar refractivity (Wildman–Crippen MR) is 87.5 cm³/mol. The summed E-state index contributed by atoms with van der Waals surface area (Å²) in [6, 6.07) is 4.85. The number of halogens is 2. The van der Waals surface area contributed by atoms with Crippen LogP contribution in [0.4, 0.5) is 5.69 Å². The highest BCUT2D eigenvalue weighted by molar-refractivity contribution is 6.33. The summed E-state index contributed by atoms with van der Waals surface area (Å²) in [5.74, 6) is -0.649. The number of rotatable bonds is 4. The van der Waals surface area contributed by atoms with Crippen LogP contribution in [0.15, 0.2) is 18.2 Å². The van der Waals surface area contributed by atoms with E-state index in [1.165, 1.54) is 0 Å². The maximum atomic E-state index is 11.8. The fraction of sp³-hybridized carbons (Fsp3) is 0.429. The molecule has 2 amide bonds. The van der Waals surface area contributed by atoms with E-state index in [2.05, 4.69) is 16.0 Å². The molecule has 1 aliphatic rings. The van der Waals surface area contributed by atoms with E-state index in [-0.39, 0.29) is 30.8 Å². The van der Waals surface area contributed by atoms with Gasteiger partial charge < -0.3 is 21.1 Å². The van der Waals surface area contributed by atoms with Gasteiger partial charge in [0.1, 0.15) is 0 Å². The van der Waals surface area contributed by atoms with Crippen molar-refractivity contribution in [3.05, 3.63) is 28.8 Å². The molecule has 0 saturated carbocycles. The fourth-order valence-electron chi connectivity index (χ4n) is 2.12. The lowest BCUT2D eigenvalue weighted by Gasteiger charge is -2.12. The molecule has 2 rings (SSSR count). The van der Waals surface area contributed by atoms with Crippen molar-refractivity contribution in [1.29, 1.82) is 0 Å². The first-order valence-electron chi connectivity index (χ1n) is 6.71. The van der Waals surface area contributed by atoms with Gasteiger partial charge in [-0.25, -0.2) is 0 Å². The standard InChI is InChI=1S/C14H18ClN3O3.ClH/c1-8-2-3-11(10(15)4-8)18-13(20)7-17-14(21)12-5-9(19)6-16-12;/h2-4,9,12,16,19H,5-7H2,1H3,(H,17,21)(H,18,20);1H. The number of carbonyl (C=O) groups excluding carboxylic acids is 2. The second kappa shape index (κ2) is 8.33. The first kappa shape index (κ1) is 18.7. The molecule has 1 saturated heterocycles. The Labute approximate surface area is 140 Å². The minimum Gasteiger partial charge on any atom is -0.392 e. The Kier molecular flexibility index (Phi) is 7.09. The van der Waals surface area contributed by atoms with Crippen LogP contribution in [0.2, 0.25) is 5.02 Å². The molecule has 2 atom stereocenters. The van der Waals surface area contributed by atoms with Crippen molar-refractivity contribution in [2.75, 3.05) is 18.4 Å². The van der Waals surface area contributed by atoms with E-state index in [1.807, 2.05) is 13.0 Å². The van der Waals surface area contributed by atoms with Crippen LogP contribution >= 0.6 is 24.0 Å². The Bertz CT molecular complexity index is 554. The summed E-state index contributed by atoms with van der Waals surface area (Å²) in [7, 11) is 0. The van der Waals surface area contributed by atoms with Gasteiger partial charge in [0, 0.05) is 6.54 Å². The number of carbonyl (C=O) groups is 2. The van der Waals surface area contributed by atoms with E-state index in [9.17, 15) is 14.7 Å². The average Bonchev–Trinajstić information content (AvgIpc) is 2.86. The van der Waals surface area contributed by atoms with Crippen molar-refractivity contribution in [1.82, 2.24) is 10.6 Å². The number of aliphatic hydroxyl groups excluding tert-OH is 1. The lowest BCUT2D eigenvalue weighted by atomic mass is 10.2. The Morgan fingerprint density at radius 1 is 1.45 bits per heavy atom. The Morgan fingerprint density at radius 2 is 2.18 bits per heavy atom. The summed E-state index contributed by atoms with van der Waals surface area (Å²) < 4.78 is 0. The van der Waals surface area contributed by atoms with Gasteiger partial charge in [-0.1, -0.05) is 17.7 Å². The van der Waals surface area contributed by atoms with Gasteiger partial charge in [-0.2, -0.15) is 0 Å². The van der Waals surface area contributed by atoms with Crippen molar-refractivity contribution in [2.45, 2.75) is 25.5 Å². The quantitative estimate of drug-likeness (QED) is 0.649. The molecular weight excluding hydrogens is 329 g/mol. The van der Waals surface area contributed by atoms with Crippen LogP contribution in [0.1, 0.15) is 12.0 Å². The summed E-state index contributed by atoms with van der Waals surface area (Å²) in [6.45, 7) is 2.15. The van der Waals surface area contributed by atoms with E-state index in [0.717, 1.165) is 5.56 Å². The number of β-amino-alcohol motifs (C(OH)–C–C–N with tert-alkyl or cyclic N) is 1. The molecule has 4 N–H and O–H groups in total. The fourth-order valence-corrected chi connectivity index (χ4v) is 2.41. The summed E-state index contributed by atoms with van der Waals surface area (Å²) in [6.07, 6.45) is -0.155. The van der Waals surface area contributed by atoms with Crippen molar-refractivity contribution in [2.24, 2.45) is 0 Å². The van der Waals surface area contributed by atoms with Crippen molar-refractivity contribution in [3.63, 3.8) is 0 Å². The Morgan fingerprint density at radius 3 is 2.77 bits per heavy atom. The SMILES string of the molecule is Cc1ccc(NC(=O)CNC(=O)C2CC(O)CN2)c(Cl)c1.Cl. The maximum Gasteiger partial charge on any atom is 0.243 e. The van der Waals surface area contributed by atoms with Gasteiger partial charge in [0.2, 0.25) is 11.8 Å². The van der Waals surface area contributed by atoms with E-state index < -0.39 is 12.1 Å². The van der Waals surface area contributed by atoms with Crippen LogP contribution < -0.4 is 16.0 Å². The topological polar surface area (TPSA) is 90.5 Å². The molecule has 6 nitrogen and oxygen atoms in total. The zero-order valence-corrected chi connectivity index (χ0v) is 13.6. The minimum absolute atomic E-state index is 0. The molecule has 0 aromatic heterocycles. The molecule has 0 aliphatic carbocycles. The van der Waals surface area contributed by atoms with E-state index in [4.69, 9.17) is 11.6 Å². The van der Waals surface area contributed by atoms with Crippen LogP contribution in [0.3, 0.4) is 0 Å². The molecule has 1 aromatic rings. The molecule has 1 aromatic carbocycles.